The summed E-state index contributed by atoms with van der Waals surface area (Å²) in [6.07, 6.45) is 5.38. The molecule has 2 fully saturated rings. The summed E-state index contributed by atoms with van der Waals surface area (Å²) in [5, 5.41) is 0.475. The molecule has 30 heavy (non-hydrogen) atoms. The Hall–Kier alpha value is -2.38. The van der Waals surface area contributed by atoms with Gasteiger partial charge in [-0.1, -0.05) is 18.7 Å². The molecule has 2 heterocycles. The van der Waals surface area contributed by atoms with Gasteiger partial charge < -0.3 is 18.6 Å². The zero-order chi connectivity index (χ0) is 21.8. The Kier molecular flexibility index (Phi) is 4.94. The Labute approximate surface area is 177 Å². The highest BCUT2D eigenvalue weighted by Gasteiger charge is 2.52. The van der Waals surface area contributed by atoms with E-state index in [1.165, 1.54) is 0 Å². The summed E-state index contributed by atoms with van der Waals surface area (Å²) >= 11 is 0. The van der Waals surface area contributed by atoms with Crippen molar-refractivity contribution in [2.75, 3.05) is 6.61 Å². The van der Waals surface area contributed by atoms with Crippen LogP contribution in [0.15, 0.2) is 29.7 Å². The lowest BCUT2D eigenvalue weighted by molar-refractivity contribution is 0.00578. The molecule has 2 aromatic rings. The van der Waals surface area contributed by atoms with Gasteiger partial charge in [0.2, 0.25) is 5.43 Å². The predicted octanol–water partition coefficient (Wildman–Crippen LogP) is 3.46. The summed E-state index contributed by atoms with van der Waals surface area (Å²) in [6.45, 7) is 14.0. The number of carbonyl (C=O) groups is 1. The predicted molar refractivity (Wildman–Crippen MR) is 118 cm³/mol. The zero-order valence-corrected chi connectivity index (χ0v) is 18.3. The average molecular weight is 409 g/mol. The average Bonchev–Trinajstić information content (AvgIpc) is 3.48. The highest BCUT2D eigenvalue weighted by Crippen LogP contribution is 2.39. The van der Waals surface area contributed by atoms with Crippen molar-refractivity contribution in [1.82, 2.24) is 4.57 Å². The number of carbonyl (C=O) groups excluding carboxylic acids is 1. The molecule has 1 aromatic heterocycles. The van der Waals surface area contributed by atoms with Crippen LogP contribution in [0.25, 0.3) is 17.0 Å². The first-order valence-electron chi connectivity index (χ1n) is 10.5. The Bertz CT molecular complexity index is 1080. The lowest BCUT2D eigenvalue weighted by Gasteiger charge is -2.32. The van der Waals surface area contributed by atoms with Gasteiger partial charge in [-0.15, -0.1) is 0 Å². The minimum absolute atomic E-state index is 0.0645. The van der Waals surface area contributed by atoms with Crippen molar-refractivity contribution < 1.29 is 18.8 Å². The number of hydrogen-bond acceptors (Lipinski definition) is 5. The van der Waals surface area contributed by atoms with Gasteiger partial charge in [-0.25, -0.2) is 4.79 Å². The number of ether oxygens (including phenoxy) is 1. The number of benzene rings is 1. The molecule has 0 radical (unpaired) electrons. The smallest absolute Gasteiger partial charge is 0.462 e. The maximum Gasteiger partial charge on any atom is 0.495 e. The van der Waals surface area contributed by atoms with E-state index in [1.807, 2.05) is 38.3 Å². The number of pyridine rings is 1. The molecule has 0 N–H and O–H groups in total. The van der Waals surface area contributed by atoms with Crippen LogP contribution in [0.1, 0.15) is 69.4 Å². The van der Waals surface area contributed by atoms with Crippen LogP contribution in [0.4, 0.5) is 0 Å². The van der Waals surface area contributed by atoms with Crippen LogP contribution in [-0.2, 0) is 14.0 Å². The Morgan fingerprint density at radius 1 is 1.27 bits per heavy atom. The fraction of sp³-hybridized carbons (Fsp3) is 0.478. The molecular weight excluding hydrogens is 381 g/mol. The molecule has 7 heteroatoms. The fourth-order valence-electron chi connectivity index (χ4n) is 3.88. The third kappa shape index (κ3) is 3.21. The third-order valence-corrected chi connectivity index (χ3v) is 6.41. The van der Waals surface area contributed by atoms with Crippen LogP contribution in [0.3, 0.4) is 0 Å². The number of rotatable bonds is 5. The van der Waals surface area contributed by atoms with E-state index < -0.39 is 24.3 Å². The lowest BCUT2D eigenvalue weighted by atomic mass is 9.75. The molecule has 1 aliphatic carbocycles. The Morgan fingerprint density at radius 3 is 2.43 bits per heavy atom. The van der Waals surface area contributed by atoms with E-state index in [0.717, 1.165) is 29.4 Å². The van der Waals surface area contributed by atoms with Gasteiger partial charge in [-0.2, -0.15) is 0 Å². The van der Waals surface area contributed by atoms with E-state index in [0.29, 0.717) is 5.39 Å². The van der Waals surface area contributed by atoms with Crippen molar-refractivity contribution in [1.29, 1.82) is 0 Å². The van der Waals surface area contributed by atoms with Crippen LogP contribution in [0.2, 0.25) is 0 Å². The van der Waals surface area contributed by atoms with Gasteiger partial charge in [0.1, 0.15) is 5.56 Å². The van der Waals surface area contributed by atoms with E-state index in [1.54, 1.807) is 25.3 Å². The van der Waals surface area contributed by atoms with Gasteiger partial charge in [-0.05, 0) is 64.6 Å². The molecule has 0 bridgehead atoms. The number of hydrogen-bond donors (Lipinski definition) is 0. The number of fused-ring (bicyclic) bond motifs is 1. The monoisotopic (exact) mass is 409 g/mol. The SMILES string of the molecule is C=Cc1c(B2OC(C)(C)C(C)(C)O2)ccc2c(=O)c(C(=O)OCC)cn(C3CC3)c12. The first-order valence-corrected chi connectivity index (χ1v) is 10.5. The summed E-state index contributed by atoms with van der Waals surface area (Å²) in [5.41, 5.74) is 1.17. The van der Waals surface area contributed by atoms with E-state index in [-0.39, 0.29) is 23.6 Å². The van der Waals surface area contributed by atoms with E-state index in [4.69, 9.17) is 14.0 Å². The molecule has 158 valence electrons. The van der Waals surface area contributed by atoms with Gasteiger partial charge in [0.15, 0.2) is 0 Å². The van der Waals surface area contributed by atoms with Crippen LogP contribution >= 0.6 is 0 Å². The van der Waals surface area contributed by atoms with E-state index in [9.17, 15) is 9.59 Å². The van der Waals surface area contributed by atoms with Crippen molar-refractivity contribution in [3.8, 4) is 0 Å². The second kappa shape index (κ2) is 7.10. The summed E-state index contributed by atoms with van der Waals surface area (Å²) in [4.78, 5) is 25.5. The van der Waals surface area contributed by atoms with Crippen molar-refractivity contribution in [3.63, 3.8) is 0 Å². The Morgan fingerprint density at radius 2 is 1.90 bits per heavy atom. The molecule has 2 aliphatic rings. The molecule has 4 rings (SSSR count). The molecule has 1 aromatic carbocycles. The van der Waals surface area contributed by atoms with E-state index in [2.05, 4.69) is 6.58 Å². The second-order valence-corrected chi connectivity index (χ2v) is 8.99. The van der Waals surface area contributed by atoms with Crippen molar-refractivity contribution in [2.24, 2.45) is 0 Å². The highest BCUT2D eigenvalue weighted by molar-refractivity contribution is 6.63. The van der Waals surface area contributed by atoms with Crippen molar-refractivity contribution in [2.45, 2.75) is 64.7 Å². The number of nitrogens with zero attached hydrogens (tertiary/aromatic N) is 1. The molecule has 1 aliphatic heterocycles. The summed E-state index contributed by atoms with van der Waals surface area (Å²) in [5.74, 6) is -0.589. The summed E-state index contributed by atoms with van der Waals surface area (Å²) in [7, 11) is -0.570. The van der Waals surface area contributed by atoms with Gasteiger partial charge in [0.25, 0.3) is 0 Å². The molecule has 0 spiro atoms. The second-order valence-electron chi connectivity index (χ2n) is 8.99. The highest BCUT2D eigenvalue weighted by atomic mass is 16.7. The van der Waals surface area contributed by atoms with Crippen molar-refractivity contribution in [3.05, 3.63) is 46.3 Å². The van der Waals surface area contributed by atoms with Gasteiger partial charge >= 0.3 is 13.1 Å². The van der Waals surface area contributed by atoms with Gasteiger partial charge in [0, 0.05) is 17.6 Å². The maximum absolute atomic E-state index is 13.1. The molecule has 1 saturated heterocycles. The minimum Gasteiger partial charge on any atom is -0.462 e. The number of aromatic nitrogens is 1. The van der Waals surface area contributed by atoms with Gasteiger partial charge in [0.05, 0.1) is 23.3 Å². The molecule has 1 saturated carbocycles. The first-order chi connectivity index (χ1) is 14.1. The fourth-order valence-corrected chi connectivity index (χ4v) is 3.88. The largest absolute Gasteiger partial charge is 0.495 e. The molecule has 6 nitrogen and oxygen atoms in total. The lowest BCUT2D eigenvalue weighted by Crippen LogP contribution is -2.41. The zero-order valence-electron chi connectivity index (χ0n) is 18.3. The van der Waals surface area contributed by atoms with Crippen LogP contribution in [-0.4, -0.2) is 35.5 Å². The molecule has 0 atom stereocenters. The topological polar surface area (TPSA) is 66.8 Å². The van der Waals surface area contributed by atoms with Gasteiger partial charge in [-0.3, -0.25) is 4.79 Å². The van der Waals surface area contributed by atoms with Crippen LogP contribution < -0.4 is 10.9 Å². The van der Waals surface area contributed by atoms with Crippen molar-refractivity contribution >= 4 is 35.5 Å². The standard InChI is InChI=1S/C23H28BNO5/c1-7-15-18(24-29-22(3,4)23(5,6)30-24)12-11-16-19(15)25(14-9-10-14)13-17(20(16)26)21(27)28-8-2/h7,11-14H,1,8-10H2,2-6H3. The molecule has 0 unspecified atom stereocenters. The normalized spacial score (nSPS) is 19.8. The number of esters is 1. The molecule has 0 amide bonds. The van der Waals surface area contributed by atoms with Crippen LogP contribution in [0, 0.1) is 0 Å². The quantitative estimate of drug-likeness (QED) is 0.559. The minimum atomic E-state index is -0.589. The third-order valence-electron chi connectivity index (χ3n) is 6.41. The van der Waals surface area contributed by atoms with E-state index >= 15 is 0 Å². The van der Waals surface area contributed by atoms with Crippen LogP contribution in [0.5, 0.6) is 0 Å². The maximum atomic E-state index is 13.1. The summed E-state index contributed by atoms with van der Waals surface area (Å²) < 4.78 is 19.6. The Balaban J connectivity index is 1.94. The first kappa shape index (κ1) is 20.9. The molecular formula is C23H28BNO5. The summed E-state index contributed by atoms with van der Waals surface area (Å²) in [6, 6.07) is 3.84.